The maximum Gasteiger partial charge on any atom is 0.349 e. The van der Waals surface area contributed by atoms with E-state index in [9.17, 15) is 14.9 Å². The van der Waals surface area contributed by atoms with Gasteiger partial charge in [0.2, 0.25) is 5.78 Å². The van der Waals surface area contributed by atoms with E-state index in [0.717, 1.165) is 21.5 Å². The van der Waals surface area contributed by atoms with Gasteiger partial charge >= 0.3 is 5.97 Å². The van der Waals surface area contributed by atoms with Gasteiger partial charge in [0.15, 0.2) is 6.61 Å². The van der Waals surface area contributed by atoms with Crippen LogP contribution in [0.2, 0.25) is 0 Å². The molecule has 30 heavy (non-hydrogen) atoms. The number of hydrogen-bond acceptors (Lipinski definition) is 6. The third kappa shape index (κ3) is 5.05. The molecule has 2 N–H and O–H groups in total. The van der Waals surface area contributed by atoms with Gasteiger partial charge in [-0.15, -0.1) is 0 Å². The second-order valence-electron chi connectivity index (χ2n) is 6.48. The largest absolute Gasteiger partial charge is 0.453 e. The number of allylic oxidation sites excluding steroid dienone is 1. The van der Waals surface area contributed by atoms with Crippen LogP contribution in [0, 0.1) is 36.5 Å². The number of ketones is 1. The zero-order valence-corrected chi connectivity index (χ0v) is 18.3. The molecular formula is C22H19BrN4O3. The molecule has 1 aromatic heterocycles. The number of carbonyl (C=O) groups excluding carboxylic acids is 2. The molecule has 1 heterocycles. The molecule has 0 saturated heterocycles. The van der Waals surface area contributed by atoms with Crippen LogP contribution in [-0.4, -0.2) is 22.9 Å². The maximum atomic E-state index is 12.3. The van der Waals surface area contributed by atoms with Gasteiger partial charge in [0, 0.05) is 27.2 Å². The topological polar surface area (TPSA) is 122 Å². The number of nitriles is 2. The lowest BCUT2D eigenvalue weighted by Crippen LogP contribution is -2.18. The summed E-state index contributed by atoms with van der Waals surface area (Å²) in [5.74, 6) is -1.68. The molecule has 2 rings (SSSR count). The first kappa shape index (κ1) is 22.7. The average Bonchev–Trinajstić information content (AvgIpc) is 2.98. The number of carbonyl (C=O) groups is 2. The van der Waals surface area contributed by atoms with E-state index in [1.54, 1.807) is 12.1 Å². The Balaban J connectivity index is 2.27. The fraction of sp³-hybridized carbons (Fsp3) is 0.182. The number of nitrogens with zero attached hydrogens (tertiary/aromatic N) is 3. The lowest BCUT2D eigenvalue weighted by molar-refractivity contribution is -0.142. The Labute approximate surface area is 182 Å². The van der Waals surface area contributed by atoms with Gasteiger partial charge in [0.25, 0.3) is 0 Å². The third-order valence-electron chi connectivity index (χ3n) is 4.31. The minimum atomic E-state index is -0.953. The van der Waals surface area contributed by atoms with Crippen LogP contribution in [0.3, 0.4) is 0 Å². The quantitative estimate of drug-likeness (QED) is 0.393. The first-order chi connectivity index (χ1) is 14.2. The van der Waals surface area contributed by atoms with E-state index in [0.29, 0.717) is 5.56 Å². The zero-order chi connectivity index (χ0) is 22.4. The van der Waals surface area contributed by atoms with Gasteiger partial charge in [-0.3, -0.25) is 4.79 Å². The van der Waals surface area contributed by atoms with Crippen molar-refractivity contribution in [1.82, 2.24) is 4.57 Å². The molecule has 0 spiro atoms. The van der Waals surface area contributed by atoms with Crippen molar-refractivity contribution in [1.29, 1.82) is 10.5 Å². The molecule has 0 amide bonds. The van der Waals surface area contributed by atoms with Crippen molar-refractivity contribution in [3.63, 3.8) is 0 Å². The van der Waals surface area contributed by atoms with E-state index < -0.39 is 18.4 Å². The smallest absolute Gasteiger partial charge is 0.349 e. The number of benzene rings is 1. The predicted molar refractivity (Wildman–Crippen MR) is 115 cm³/mol. The Morgan fingerprint density at radius 2 is 1.83 bits per heavy atom. The van der Waals surface area contributed by atoms with Gasteiger partial charge in [-0.25, -0.2) is 4.79 Å². The Hall–Kier alpha value is -3.62. The molecule has 0 aliphatic carbocycles. The monoisotopic (exact) mass is 466 g/mol. The van der Waals surface area contributed by atoms with Crippen LogP contribution < -0.4 is 5.73 Å². The zero-order valence-electron chi connectivity index (χ0n) is 16.7. The number of aryl methyl sites for hydroxylation is 1. The van der Waals surface area contributed by atoms with Gasteiger partial charge in [-0.2, -0.15) is 10.5 Å². The van der Waals surface area contributed by atoms with Gasteiger partial charge < -0.3 is 15.0 Å². The van der Waals surface area contributed by atoms with E-state index in [1.165, 1.54) is 13.0 Å². The Morgan fingerprint density at radius 1 is 1.20 bits per heavy atom. The molecule has 0 aliphatic heterocycles. The third-order valence-corrected chi connectivity index (χ3v) is 4.84. The van der Waals surface area contributed by atoms with Crippen LogP contribution in [0.5, 0.6) is 0 Å². The lowest BCUT2D eigenvalue weighted by atomic mass is 10.1. The maximum absolute atomic E-state index is 12.3. The molecule has 8 heteroatoms. The van der Waals surface area contributed by atoms with Gasteiger partial charge in [0.05, 0.1) is 0 Å². The Bertz CT molecular complexity index is 1140. The predicted octanol–water partition coefficient (Wildman–Crippen LogP) is 3.63. The normalized spacial score (nSPS) is 11.9. The summed E-state index contributed by atoms with van der Waals surface area (Å²) in [7, 11) is 0. The number of rotatable bonds is 6. The number of halogens is 1. The van der Waals surface area contributed by atoms with Crippen LogP contribution in [0.15, 0.2) is 51.6 Å². The van der Waals surface area contributed by atoms with Crippen molar-refractivity contribution in [2.75, 3.05) is 6.61 Å². The number of ether oxygens (including phenoxy) is 1. The summed E-state index contributed by atoms with van der Waals surface area (Å²) in [6.07, 6.45) is 1.42. The van der Waals surface area contributed by atoms with E-state index in [-0.39, 0.29) is 16.8 Å². The highest BCUT2D eigenvalue weighted by Crippen LogP contribution is 2.24. The highest BCUT2D eigenvalue weighted by atomic mass is 79.9. The van der Waals surface area contributed by atoms with Crippen LogP contribution in [0.4, 0.5) is 0 Å². The highest BCUT2D eigenvalue weighted by Gasteiger charge is 2.18. The van der Waals surface area contributed by atoms with Crippen LogP contribution in [-0.2, 0) is 14.3 Å². The summed E-state index contributed by atoms with van der Waals surface area (Å²) in [5.41, 5.74) is 8.33. The Morgan fingerprint density at radius 3 is 2.37 bits per heavy atom. The molecule has 0 unspecified atom stereocenters. The standard InChI is InChI=1S/C22H19BrN4O3/c1-13-8-16(15(3)27(13)19-6-4-18(23)5-7-19)9-17(10-24)22(29)30-12-21(28)20(11-25)14(2)26/h4-9H,12,26H2,1-3H3/b17-9+,20-14+. The minimum absolute atomic E-state index is 0.0370. The van der Waals surface area contributed by atoms with Crippen LogP contribution in [0.25, 0.3) is 11.8 Å². The second kappa shape index (κ2) is 9.73. The van der Waals surface area contributed by atoms with Crippen molar-refractivity contribution in [3.8, 4) is 17.8 Å². The summed E-state index contributed by atoms with van der Waals surface area (Å²) >= 11 is 3.41. The highest BCUT2D eigenvalue weighted by molar-refractivity contribution is 9.10. The summed E-state index contributed by atoms with van der Waals surface area (Å²) in [4.78, 5) is 24.2. The molecule has 0 saturated carbocycles. The van der Waals surface area contributed by atoms with Gasteiger partial charge in [0.1, 0.15) is 23.3 Å². The molecule has 7 nitrogen and oxygen atoms in total. The molecule has 0 bridgehead atoms. The summed E-state index contributed by atoms with van der Waals surface area (Å²) in [6, 6.07) is 13.1. The Kier molecular flexibility index (Phi) is 7.35. The first-order valence-corrected chi connectivity index (χ1v) is 9.62. The molecule has 2 aromatic rings. The number of esters is 1. The molecule has 0 radical (unpaired) electrons. The number of Topliss-reactive ketones (excluding diaryl/α,β-unsaturated/α-hetero) is 1. The summed E-state index contributed by atoms with van der Waals surface area (Å²) in [6.45, 7) is 4.52. The van der Waals surface area contributed by atoms with E-state index in [4.69, 9.17) is 15.7 Å². The average molecular weight is 467 g/mol. The summed E-state index contributed by atoms with van der Waals surface area (Å²) in [5, 5.41) is 18.3. The van der Waals surface area contributed by atoms with E-state index in [2.05, 4.69) is 15.9 Å². The fourth-order valence-electron chi connectivity index (χ4n) is 2.87. The minimum Gasteiger partial charge on any atom is -0.453 e. The first-order valence-electron chi connectivity index (χ1n) is 8.83. The van der Waals surface area contributed by atoms with Gasteiger partial charge in [-0.05, 0) is 62.7 Å². The fourth-order valence-corrected chi connectivity index (χ4v) is 3.13. The molecule has 152 valence electrons. The SMILES string of the molecule is C/C(N)=C(/C#N)C(=O)COC(=O)/C(C#N)=C/c1cc(C)n(-c2ccc(Br)cc2)c1C. The molecule has 0 fully saturated rings. The van der Waals surface area contributed by atoms with Crippen LogP contribution in [0.1, 0.15) is 23.9 Å². The number of nitrogens with two attached hydrogens (primary N) is 1. The molecule has 0 atom stereocenters. The van der Waals surface area contributed by atoms with Crippen molar-refractivity contribution >= 4 is 33.8 Å². The van der Waals surface area contributed by atoms with Crippen molar-refractivity contribution in [2.24, 2.45) is 5.73 Å². The molecular weight excluding hydrogens is 448 g/mol. The van der Waals surface area contributed by atoms with E-state index >= 15 is 0 Å². The van der Waals surface area contributed by atoms with Crippen molar-refractivity contribution in [2.45, 2.75) is 20.8 Å². The van der Waals surface area contributed by atoms with Crippen LogP contribution >= 0.6 is 15.9 Å². The van der Waals surface area contributed by atoms with Gasteiger partial charge in [-0.1, -0.05) is 15.9 Å². The van der Waals surface area contributed by atoms with Crippen molar-refractivity contribution in [3.05, 3.63) is 68.6 Å². The molecule has 1 aromatic carbocycles. The van der Waals surface area contributed by atoms with Crippen molar-refractivity contribution < 1.29 is 14.3 Å². The molecule has 0 aliphatic rings. The summed E-state index contributed by atoms with van der Waals surface area (Å²) < 4.78 is 7.86. The number of aromatic nitrogens is 1. The van der Waals surface area contributed by atoms with E-state index in [1.807, 2.05) is 48.7 Å². The lowest BCUT2D eigenvalue weighted by Gasteiger charge is -2.09. The second-order valence-corrected chi connectivity index (χ2v) is 7.39. The number of hydrogen-bond donors (Lipinski definition) is 1.